The van der Waals surface area contributed by atoms with Gasteiger partial charge in [0.05, 0.1) is 9.48 Å². The molecule has 2 aromatic rings. The van der Waals surface area contributed by atoms with E-state index in [2.05, 4.69) is 58.5 Å². The van der Waals surface area contributed by atoms with Gasteiger partial charge < -0.3 is 5.32 Å². The van der Waals surface area contributed by atoms with E-state index in [0.29, 0.717) is 5.92 Å². The SMILES string of the molecule is CC(C)c1nn(C)cc1CNCc1ccc(Br)s1. The molecule has 0 radical (unpaired) electrons. The molecular formula is C13H18BrN3S. The Labute approximate surface area is 120 Å². The predicted octanol–water partition coefficient (Wildman–Crippen LogP) is 3.66. The van der Waals surface area contributed by atoms with Gasteiger partial charge in [0.1, 0.15) is 0 Å². The second-order valence-corrected chi connectivity index (χ2v) is 7.22. The molecular weight excluding hydrogens is 310 g/mol. The van der Waals surface area contributed by atoms with E-state index >= 15 is 0 Å². The van der Waals surface area contributed by atoms with Crippen LogP contribution in [0.4, 0.5) is 0 Å². The number of halogens is 1. The number of rotatable bonds is 5. The van der Waals surface area contributed by atoms with Crippen molar-refractivity contribution in [2.24, 2.45) is 7.05 Å². The summed E-state index contributed by atoms with van der Waals surface area (Å²) in [5.41, 5.74) is 2.49. The van der Waals surface area contributed by atoms with Crippen LogP contribution >= 0.6 is 27.3 Å². The maximum Gasteiger partial charge on any atom is 0.0701 e. The van der Waals surface area contributed by atoms with Crippen LogP contribution in [0.1, 0.15) is 35.9 Å². The van der Waals surface area contributed by atoms with Crippen LogP contribution in [-0.4, -0.2) is 9.78 Å². The number of thiophene rings is 1. The Kier molecular flexibility index (Phi) is 4.59. The largest absolute Gasteiger partial charge is 0.308 e. The Hall–Kier alpha value is -0.650. The molecule has 0 aliphatic heterocycles. The Morgan fingerprint density at radius 3 is 2.78 bits per heavy atom. The highest BCUT2D eigenvalue weighted by Gasteiger charge is 2.10. The summed E-state index contributed by atoms with van der Waals surface area (Å²) in [5.74, 6) is 0.471. The summed E-state index contributed by atoms with van der Waals surface area (Å²) in [4.78, 5) is 1.34. The van der Waals surface area contributed by atoms with Crippen molar-refractivity contribution in [2.45, 2.75) is 32.9 Å². The molecule has 2 heterocycles. The fourth-order valence-corrected chi connectivity index (χ4v) is 3.40. The molecule has 5 heteroatoms. The van der Waals surface area contributed by atoms with Crippen LogP contribution in [0.5, 0.6) is 0 Å². The molecule has 3 nitrogen and oxygen atoms in total. The van der Waals surface area contributed by atoms with Crippen molar-refractivity contribution in [1.82, 2.24) is 15.1 Å². The smallest absolute Gasteiger partial charge is 0.0701 e. The first kappa shape index (κ1) is 13.8. The average molecular weight is 328 g/mol. The summed E-state index contributed by atoms with van der Waals surface area (Å²) in [6, 6.07) is 4.24. The summed E-state index contributed by atoms with van der Waals surface area (Å²) in [6.07, 6.45) is 2.10. The highest BCUT2D eigenvalue weighted by molar-refractivity contribution is 9.11. The lowest BCUT2D eigenvalue weighted by Gasteiger charge is -2.06. The monoisotopic (exact) mass is 327 g/mol. The van der Waals surface area contributed by atoms with Crippen LogP contribution in [0, 0.1) is 0 Å². The van der Waals surface area contributed by atoms with Gasteiger partial charge in [0.2, 0.25) is 0 Å². The van der Waals surface area contributed by atoms with Crippen LogP contribution in [0.15, 0.2) is 22.1 Å². The molecule has 0 aliphatic rings. The van der Waals surface area contributed by atoms with Crippen molar-refractivity contribution < 1.29 is 0 Å². The molecule has 0 saturated carbocycles. The van der Waals surface area contributed by atoms with Gasteiger partial charge in [0.15, 0.2) is 0 Å². The molecule has 2 rings (SSSR count). The van der Waals surface area contributed by atoms with Gasteiger partial charge in [-0.15, -0.1) is 11.3 Å². The van der Waals surface area contributed by atoms with Crippen LogP contribution in [0.25, 0.3) is 0 Å². The Morgan fingerprint density at radius 1 is 1.39 bits per heavy atom. The maximum absolute atomic E-state index is 4.51. The van der Waals surface area contributed by atoms with Crippen LogP contribution in [-0.2, 0) is 20.1 Å². The summed E-state index contributed by atoms with van der Waals surface area (Å²) in [5, 5.41) is 7.99. The van der Waals surface area contributed by atoms with Gasteiger partial charge in [-0.3, -0.25) is 4.68 Å². The molecule has 0 amide bonds. The van der Waals surface area contributed by atoms with E-state index in [0.717, 1.165) is 13.1 Å². The van der Waals surface area contributed by atoms with E-state index in [4.69, 9.17) is 0 Å². The molecule has 18 heavy (non-hydrogen) atoms. The van der Waals surface area contributed by atoms with E-state index in [1.54, 1.807) is 11.3 Å². The summed E-state index contributed by atoms with van der Waals surface area (Å²) in [7, 11) is 1.98. The number of aryl methyl sites for hydroxylation is 1. The van der Waals surface area contributed by atoms with Gasteiger partial charge in [-0.2, -0.15) is 5.10 Å². The van der Waals surface area contributed by atoms with Crippen molar-refractivity contribution in [2.75, 3.05) is 0 Å². The topological polar surface area (TPSA) is 29.9 Å². The first-order valence-electron chi connectivity index (χ1n) is 6.03. The molecule has 0 saturated heterocycles. The highest BCUT2D eigenvalue weighted by Crippen LogP contribution is 2.22. The van der Waals surface area contributed by atoms with E-state index in [1.165, 1.54) is 19.9 Å². The standard InChI is InChI=1S/C13H18BrN3S/c1-9(2)13-10(8-17(3)16-13)6-15-7-11-4-5-12(14)18-11/h4-5,8-9,15H,6-7H2,1-3H3. The number of hydrogen-bond donors (Lipinski definition) is 1. The van der Waals surface area contributed by atoms with Crippen molar-refractivity contribution in [3.8, 4) is 0 Å². The lowest BCUT2D eigenvalue weighted by molar-refractivity contribution is 0.683. The second-order valence-electron chi connectivity index (χ2n) is 4.68. The zero-order valence-electron chi connectivity index (χ0n) is 10.9. The lowest BCUT2D eigenvalue weighted by Crippen LogP contribution is -2.12. The normalized spacial score (nSPS) is 11.4. The van der Waals surface area contributed by atoms with Gasteiger partial charge in [0.25, 0.3) is 0 Å². The van der Waals surface area contributed by atoms with Gasteiger partial charge in [0, 0.05) is 36.8 Å². The third-order valence-electron chi connectivity index (χ3n) is 2.73. The van der Waals surface area contributed by atoms with Crippen molar-refractivity contribution in [3.63, 3.8) is 0 Å². The highest BCUT2D eigenvalue weighted by atomic mass is 79.9. The van der Waals surface area contributed by atoms with E-state index in [-0.39, 0.29) is 0 Å². The molecule has 0 spiro atoms. The minimum absolute atomic E-state index is 0.471. The quantitative estimate of drug-likeness (QED) is 0.908. The molecule has 0 aliphatic carbocycles. The fourth-order valence-electron chi connectivity index (χ4n) is 1.94. The molecule has 0 bridgehead atoms. The van der Waals surface area contributed by atoms with Gasteiger partial charge in [-0.1, -0.05) is 13.8 Å². The zero-order chi connectivity index (χ0) is 13.1. The molecule has 0 aromatic carbocycles. The Bertz CT molecular complexity index is 516. The lowest BCUT2D eigenvalue weighted by atomic mass is 10.1. The third-order valence-corrected chi connectivity index (χ3v) is 4.35. The van der Waals surface area contributed by atoms with Gasteiger partial charge in [-0.25, -0.2) is 0 Å². The molecule has 98 valence electrons. The molecule has 0 atom stereocenters. The van der Waals surface area contributed by atoms with Crippen molar-refractivity contribution in [1.29, 1.82) is 0 Å². The molecule has 1 N–H and O–H groups in total. The number of nitrogens with one attached hydrogen (secondary N) is 1. The summed E-state index contributed by atoms with van der Waals surface area (Å²) in [6.45, 7) is 6.14. The number of aromatic nitrogens is 2. The van der Waals surface area contributed by atoms with E-state index in [9.17, 15) is 0 Å². The van der Waals surface area contributed by atoms with E-state index in [1.807, 2.05) is 11.7 Å². The molecule has 0 unspecified atom stereocenters. The Morgan fingerprint density at radius 2 is 2.17 bits per heavy atom. The Balaban J connectivity index is 1.94. The van der Waals surface area contributed by atoms with Crippen molar-refractivity contribution >= 4 is 27.3 Å². The van der Waals surface area contributed by atoms with Gasteiger partial charge in [-0.05, 0) is 34.0 Å². The van der Waals surface area contributed by atoms with Crippen LogP contribution < -0.4 is 5.32 Å². The maximum atomic E-state index is 4.51. The van der Waals surface area contributed by atoms with E-state index < -0.39 is 0 Å². The molecule has 2 aromatic heterocycles. The average Bonchev–Trinajstić information content (AvgIpc) is 2.85. The summed E-state index contributed by atoms with van der Waals surface area (Å²) >= 11 is 5.25. The second kappa shape index (κ2) is 5.99. The summed E-state index contributed by atoms with van der Waals surface area (Å²) < 4.78 is 3.08. The molecule has 0 fully saturated rings. The third kappa shape index (κ3) is 3.43. The number of hydrogen-bond acceptors (Lipinski definition) is 3. The first-order chi connectivity index (χ1) is 8.56. The van der Waals surface area contributed by atoms with Crippen molar-refractivity contribution in [3.05, 3.63) is 38.3 Å². The fraction of sp³-hybridized carbons (Fsp3) is 0.462. The van der Waals surface area contributed by atoms with Gasteiger partial charge >= 0.3 is 0 Å². The minimum Gasteiger partial charge on any atom is -0.308 e. The first-order valence-corrected chi connectivity index (χ1v) is 7.64. The van der Waals surface area contributed by atoms with Crippen LogP contribution in [0.3, 0.4) is 0 Å². The zero-order valence-corrected chi connectivity index (χ0v) is 13.3. The minimum atomic E-state index is 0.471. The number of nitrogens with zero attached hydrogens (tertiary/aromatic N) is 2. The predicted molar refractivity (Wildman–Crippen MR) is 79.9 cm³/mol. The van der Waals surface area contributed by atoms with Crippen LogP contribution in [0.2, 0.25) is 0 Å².